The van der Waals surface area contributed by atoms with Crippen LogP contribution in [-0.2, 0) is 9.53 Å². The maximum Gasteiger partial charge on any atom is 0.335 e. The molecule has 2 aromatic carbocycles. The summed E-state index contributed by atoms with van der Waals surface area (Å²) in [7, 11) is 2.85. The number of nitrogens with zero attached hydrogens (tertiary/aromatic N) is 1. The van der Waals surface area contributed by atoms with Gasteiger partial charge in [0.05, 0.1) is 18.4 Å². The van der Waals surface area contributed by atoms with Crippen LogP contribution in [0.4, 0.5) is 5.69 Å². The van der Waals surface area contributed by atoms with Crippen LogP contribution >= 0.6 is 0 Å². The fourth-order valence-corrected chi connectivity index (χ4v) is 2.84. The first-order valence-electron chi connectivity index (χ1n) is 7.49. The normalized spacial score (nSPS) is 14.6. The van der Waals surface area contributed by atoms with Gasteiger partial charge in [0.2, 0.25) is 0 Å². The summed E-state index contributed by atoms with van der Waals surface area (Å²) in [6.45, 7) is 0. The molecular weight excluding hydrogens is 322 g/mol. The summed E-state index contributed by atoms with van der Waals surface area (Å²) < 4.78 is 4.73. The van der Waals surface area contributed by atoms with Crippen LogP contribution in [0.1, 0.15) is 31.8 Å². The second-order valence-electron chi connectivity index (χ2n) is 5.53. The lowest BCUT2D eigenvalue weighted by atomic mass is 9.93. The standard InChI is InChI=1S/C19H15NO5/c1-20-16-9-11(19(23)24)7-8-13(16)15(10-17(21)25-2)12-5-3-4-6-14(12)18(20)22/h3-10H,1-2H3,(H,23,24)/b15-10-. The zero-order chi connectivity index (χ0) is 18.1. The highest BCUT2D eigenvalue weighted by Gasteiger charge is 2.28. The van der Waals surface area contributed by atoms with Gasteiger partial charge in [-0.05, 0) is 29.3 Å². The molecule has 0 saturated heterocycles. The first kappa shape index (κ1) is 16.4. The summed E-state index contributed by atoms with van der Waals surface area (Å²) in [6, 6.07) is 11.4. The number of hydrogen-bond acceptors (Lipinski definition) is 4. The second kappa shape index (κ2) is 6.24. The fraction of sp³-hybridized carbons (Fsp3) is 0.105. The Bertz CT molecular complexity index is 929. The molecule has 25 heavy (non-hydrogen) atoms. The van der Waals surface area contributed by atoms with Crippen LogP contribution in [0.15, 0.2) is 48.5 Å². The Balaban J connectivity index is 2.36. The number of ether oxygens (including phenoxy) is 1. The van der Waals surface area contributed by atoms with Crippen molar-refractivity contribution in [1.29, 1.82) is 0 Å². The first-order chi connectivity index (χ1) is 11.9. The van der Waals surface area contributed by atoms with Gasteiger partial charge in [-0.2, -0.15) is 0 Å². The van der Waals surface area contributed by atoms with E-state index >= 15 is 0 Å². The highest BCUT2D eigenvalue weighted by Crippen LogP contribution is 2.38. The van der Waals surface area contributed by atoms with Gasteiger partial charge in [0.15, 0.2) is 0 Å². The van der Waals surface area contributed by atoms with Gasteiger partial charge in [-0.25, -0.2) is 9.59 Å². The molecule has 1 amide bonds. The van der Waals surface area contributed by atoms with Crippen LogP contribution in [0.2, 0.25) is 0 Å². The summed E-state index contributed by atoms with van der Waals surface area (Å²) >= 11 is 0. The highest BCUT2D eigenvalue weighted by atomic mass is 16.5. The minimum atomic E-state index is -1.09. The lowest BCUT2D eigenvalue weighted by molar-refractivity contribution is -0.134. The summed E-state index contributed by atoms with van der Waals surface area (Å²) in [5, 5.41) is 9.24. The molecule has 0 fully saturated rings. The number of aromatic carboxylic acids is 1. The van der Waals surface area contributed by atoms with Crippen molar-refractivity contribution in [2.45, 2.75) is 0 Å². The van der Waals surface area contributed by atoms with Crippen molar-refractivity contribution >= 4 is 29.1 Å². The van der Waals surface area contributed by atoms with Gasteiger partial charge in [-0.15, -0.1) is 0 Å². The Morgan fingerprint density at radius 2 is 1.76 bits per heavy atom. The molecule has 0 spiro atoms. The van der Waals surface area contributed by atoms with E-state index in [1.54, 1.807) is 37.4 Å². The summed E-state index contributed by atoms with van der Waals surface area (Å²) in [5.41, 5.74) is 2.57. The molecule has 2 aromatic rings. The van der Waals surface area contributed by atoms with Crippen molar-refractivity contribution in [1.82, 2.24) is 0 Å². The second-order valence-corrected chi connectivity index (χ2v) is 5.53. The minimum absolute atomic E-state index is 0.0572. The van der Waals surface area contributed by atoms with Gasteiger partial charge in [0.1, 0.15) is 0 Å². The molecule has 0 saturated carbocycles. The Morgan fingerprint density at radius 3 is 2.40 bits per heavy atom. The van der Waals surface area contributed by atoms with E-state index in [1.165, 1.54) is 30.2 Å². The van der Waals surface area contributed by atoms with Crippen molar-refractivity contribution in [3.05, 3.63) is 70.8 Å². The first-order valence-corrected chi connectivity index (χ1v) is 7.49. The molecule has 126 valence electrons. The molecule has 6 nitrogen and oxygen atoms in total. The van der Waals surface area contributed by atoms with Crippen LogP contribution in [0.3, 0.4) is 0 Å². The zero-order valence-corrected chi connectivity index (χ0v) is 13.6. The number of rotatable bonds is 2. The Hall–Kier alpha value is -3.41. The summed E-state index contributed by atoms with van der Waals surface area (Å²) in [4.78, 5) is 37.4. The average Bonchev–Trinajstić information content (AvgIpc) is 2.71. The van der Waals surface area contributed by atoms with E-state index in [2.05, 4.69) is 0 Å². The molecule has 6 heteroatoms. The number of carboxylic acids is 1. The SMILES string of the molecule is COC(=O)/C=C1/c2ccccc2C(=O)N(C)c2cc(C(=O)O)ccc21. The van der Waals surface area contributed by atoms with E-state index in [9.17, 15) is 19.5 Å². The van der Waals surface area contributed by atoms with Gasteiger partial charge in [-0.1, -0.05) is 24.3 Å². The lowest BCUT2D eigenvalue weighted by Crippen LogP contribution is -2.26. The lowest BCUT2D eigenvalue weighted by Gasteiger charge is -2.18. The number of anilines is 1. The predicted molar refractivity (Wildman–Crippen MR) is 91.7 cm³/mol. The maximum atomic E-state index is 12.8. The van der Waals surface area contributed by atoms with Gasteiger partial charge in [0.25, 0.3) is 5.91 Å². The van der Waals surface area contributed by atoms with Gasteiger partial charge < -0.3 is 14.7 Å². The molecule has 1 aliphatic heterocycles. The Kier molecular flexibility index (Phi) is 4.10. The number of methoxy groups -OCH3 is 1. The zero-order valence-electron chi connectivity index (χ0n) is 13.6. The third-order valence-electron chi connectivity index (χ3n) is 4.11. The molecule has 0 unspecified atom stereocenters. The Labute approximate surface area is 143 Å². The molecular formula is C19H15NO5. The molecule has 0 aromatic heterocycles. The topological polar surface area (TPSA) is 83.9 Å². The number of fused-ring (bicyclic) bond motifs is 2. The molecule has 0 radical (unpaired) electrons. The number of hydrogen-bond donors (Lipinski definition) is 1. The van der Waals surface area contributed by atoms with Crippen LogP contribution < -0.4 is 4.90 Å². The average molecular weight is 337 g/mol. The number of benzene rings is 2. The van der Waals surface area contributed by atoms with Crippen LogP contribution in [0, 0.1) is 0 Å². The third kappa shape index (κ3) is 2.78. The van der Waals surface area contributed by atoms with Gasteiger partial charge in [0, 0.05) is 24.3 Å². The predicted octanol–water partition coefficient (Wildman–Crippen LogP) is 2.58. The summed E-state index contributed by atoms with van der Waals surface area (Å²) in [5.74, 6) is -1.94. The molecule has 1 heterocycles. The number of carbonyl (C=O) groups excluding carboxylic acids is 2. The number of carbonyl (C=O) groups is 3. The highest BCUT2D eigenvalue weighted by molar-refractivity contribution is 6.15. The molecule has 1 aliphatic rings. The minimum Gasteiger partial charge on any atom is -0.478 e. The Morgan fingerprint density at radius 1 is 1.08 bits per heavy atom. The van der Waals surface area contributed by atoms with Crippen molar-refractivity contribution in [3.8, 4) is 0 Å². The van der Waals surface area contributed by atoms with Crippen molar-refractivity contribution in [2.24, 2.45) is 0 Å². The molecule has 0 atom stereocenters. The van der Waals surface area contributed by atoms with E-state index in [0.29, 0.717) is 28.0 Å². The van der Waals surface area contributed by atoms with Crippen molar-refractivity contribution in [2.75, 3.05) is 19.1 Å². The number of esters is 1. The third-order valence-corrected chi connectivity index (χ3v) is 4.11. The van der Waals surface area contributed by atoms with E-state index in [0.717, 1.165) is 0 Å². The van der Waals surface area contributed by atoms with Crippen LogP contribution in [0.5, 0.6) is 0 Å². The smallest absolute Gasteiger partial charge is 0.335 e. The van der Waals surface area contributed by atoms with Gasteiger partial charge in [-0.3, -0.25) is 4.79 Å². The van der Waals surface area contributed by atoms with Gasteiger partial charge >= 0.3 is 11.9 Å². The number of carboxylic acid groups (broad SMARTS) is 1. The number of amides is 1. The molecule has 0 bridgehead atoms. The van der Waals surface area contributed by atoms with E-state index in [1.807, 2.05) is 0 Å². The maximum absolute atomic E-state index is 12.8. The van der Waals surface area contributed by atoms with Crippen molar-refractivity contribution < 1.29 is 24.2 Å². The van der Waals surface area contributed by atoms with Crippen LogP contribution in [-0.4, -0.2) is 37.1 Å². The van der Waals surface area contributed by atoms with Crippen LogP contribution in [0.25, 0.3) is 5.57 Å². The molecule has 1 N–H and O–H groups in total. The van der Waals surface area contributed by atoms with E-state index in [-0.39, 0.29) is 11.5 Å². The van der Waals surface area contributed by atoms with E-state index < -0.39 is 11.9 Å². The summed E-state index contributed by atoms with van der Waals surface area (Å²) in [6.07, 6.45) is 1.31. The fourth-order valence-electron chi connectivity index (χ4n) is 2.84. The van der Waals surface area contributed by atoms with E-state index in [4.69, 9.17) is 4.74 Å². The molecule has 0 aliphatic carbocycles. The quantitative estimate of drug-likeness (QED) is 0.672. The van der Waals surface area contributed by atoms with Crippen molar-refractivity contribution in [3.63, 3.8) is 0 Å². The monoisotopic (exact) mass is 337 g/mol. The molecule has 3 rings (SSSR count). The largest absolute Gasteiger partial charge is 0.478 e.